The number of carbonyl (C=O) groups is 1. The number of aromatic nitrogens is 3. The lowest BCUT2D eigenvalue weighted by atomic mass is 10.2. The summed E-state index contributed by atoms with van der Waals surface area (Å²) in [5.41, 5.74) is 11.2. The van der Waals surface area contributed by atoms with Gasteiger partial charge < -0.3 is 21.3 Å². The molecule has 2 aliphatic rings. The first-order chi connectivity index (χ1) is 9.65. The second-order valence-electron chi connectivity index (χ2n) is 5.24. The van der Waals surface area contributed by atoms with E-state index >= 15 is 0 Å². The van der Waals surface area contributed by atoms with Crippen molar-refractivity contribution in [1.82, 2.24) is 15.0 Å². The molecule has 0 spiro atoms. The molecule has 3 rings (SSSR count). The Kier molecular flexibility index (Phi) is 3.29. The summed E-state index contributed by atoms with van der Waals surface area (Å²) in [5, 5.41) is 0. The van der Waals surface area contributed by atoms with Crippen molar-refractivity contribution >= 4 is 23.8 Å². The molecule has 2 saturated heterocycles. The molecule has 8 heteroatoms. The zero-order valence-corrected chi connectivity index (χ0v) is 11.3. The van der Waals surface area contributed by atoms with Crippen LogP contribution < -0.4 is 21.3 Å². The van der Waals surface area contributed by atoms with Crippen molar-refractivity contribution in [2.24, 2.45) is 5.73 Å². The van der Waals surface area contributed by atoms with Gasteiger partial charge in [0.1, 0.15) is 6.04 Å². The second-order valence-corrected chi connectivity index (χ2v) is 5.24. The first-order valence-electron chi connectivity index (χ1n) is 6.97. The third-order valence-electron chi connectivity index (χ3n) is 3.86. The molecule has 8 nitrogen and oxygen atoms in total. The van der Waals surface area contributed by atoms with E-state index in [0.29, 0.717) is 11.9 Å². The molecule has 3 heterocycles. The summed E-state index contributed by atoms with van der Waals surface area (Å²) >= 11 is 0. The Labute approximate surface area is 117 Å². The summed E-state index contributed by atoms with van der Waals surface area (Å²) in [7, 11) is 0. The number of nitrogen functional groups attached to an aromatic ring is 1. The zero-order chi connectivity index (χ0) is 14.1. The summed E-state index contributed by atoms with van der Waals surface area (Å²) in [4.78, 5) is 28.2. The Morgan fingerprint density at radius 2 is 1.75 bits per heavy atom. The fourth-order valence-electron chi connectivity index (χ4n) is 2.86. The van der Waals surface area contributed by atoms with E-state index in [4.69, 9.17) is 11.5 Å². The quantitative estimate of drug-likeness (QED) is 0.766. The molecule has 0 bridgehead atoms. The van der Waals surface area contributed by atoms with E-state index in [0.717, 1.165) is 45.3 Å². The van der Waals surface area contributed by atoms with E-state index in [1.165, 1.54) is 0 Å². The van der Waals surface area contributed by atoms with Crippen molar-refractivity contribution in [2.45, 2.75) is 31.7 Å². The topological polar surface area (TPSA) is 114 Å². The molecule has 2 fully saturated rings. The number of anilines is 3. The average molecular weight is 277 g/mol. The van der Waals surface area contributed by atoms with Crippen molar-refractivity contribution in [3.8, 4) is 0 Å². The van der Waals surface area contributed by atoms with E-state index in [1.54, 1.807) is 0 Å². The molecular formula is C12H19N7O. The van der Waals surface area contributed by atoms with Gasteiger partial charge in [-0.2, -0.15) is 15.0 Å². The SMILES string of the molecule is NC(=O)C1CCCN1c1nc(N)nc(N2CCCC2)n1. The van der Waals surface area contributed by atoms with E-state index in [1.807, 2.05) is 4.90 Å². The van der Waals surface area contributed by atoms with Gasteiger partial charge in [-0.1, -0.05) is 0 Å². The molecule has 0 aromatic carbocycles. The smallest absolute Gasteiger partial charge is 0.240 e. The maximum Gasteiger partial charge on any atom is 0.240 e. The van der Waals surface area contributed by atoms with Crippen LogP contribution >= 0.6 is 0 Å². The second kappa shape index (κ2) is 5.10. The van der Waals surface area contributed by atoms with E-state index in [2.05, 4.69) is 19.9 Å². The Morgan fingerprint density at radius 3 is 2.45 bits per heavy atom. The van der Waals surface area contributed by atoms with Crippen molar-refractivity contribution < 1.29 is 4.79 Å². The molecule has 1 atom stereocenters. The molecule has 4 N–H and O–H groups in total. The van der Waals surface area contributed by atoms with Crippen LogP contribution in [0.15, 0.2) is 0 Å². The predicted molar refractivity (Wildman–Crippen MR) is 75.2 cm³/mol. The van der Waals surface area contributed by atoms with Crippen LogP contribution in [0.2, 0.25) is 0 Å². The highest BCUT2D eigenvalue weighted by Crippen LogP contribution is 2.25. The van der Waals surface area contributed by atoms with Gasteiger partial charge in [-0.25, -0.2) is 0 Å². The Hall–Kier alpha value is -2.12. The molecule has 1 amide bonds. The third kappa shape index (κ3) is 2.33. The molecule has 1 unspecified atom stereocenters. The van der Waals surface area contributed by atoms with Crippen LogP contribution in [0.25, 0.3) is 0 Å². The lowest BCUT2D eigenvalue weighted by molar-refractivity contribution is -0.119. The molecule has 0 aliphatic carbocycles. The molecule has 0 radical (unpaired) electrons. The van der Waals surface area contributed by atoms with Gasteiger partial charge in [0.25, 0.3) is 0 Å². The van der Waals surface area contributed by atoms with Gasteiger partial charge in [0.05, 0.1) is 0 Å². The molecule has 1 aromatic heterocycles. The Bertz CT molecular complexity index is 515. The maximum absolute atomic E-state index is 11.5. The van der Waals surface area contributed by atoms with Crippen molar-refractivity contribution in [1.29, 1.82) is 0 Å². The normalized spacial score (nSPS) is 22.5. The van der Waals surface area contributed by atoms with Gasteiger partial charge in [0.15, 0.2) is 0 Å². The van der Waals surface area contributed by atoms with Crippen LogP contribution in [-0.4, -0.2) is 46.5 Å². The van der Waals surface area contributed by atoms with Crippen LogP contribution in [0.5, 0.6) is 0 Å². The van der Waals surface area contributed by atoms with Crippen LogP contribution in [-0.2, 0) is 4.79 Å². The molecular weight excluding hydrogens is 258 g/mol. The number of nitrogens with zero attached hydrogens (tertiary/aromatic N) is 5. The highest BCUT2D eigenvalue weighted by molar-refractivity contribution is 5.83. The summed E-state index contributed by atoms with van der Waals surface area (Å²) in [6.45, 7) is 2.58. The molecule has 1 aromatic rings. The number of nitrogens with two attached hydrogens (primary N) is 2. The first-order valence-corrected chi connectivity index (χ1v) is 6.97. The molecule has 20 heavy (non-hydrogen) atoms. The number of hydrogen-bond acceptors (Lipinski definition) is 7. The van der Waals surface area contributed by atoms with Crippen LogP contribution in [0.4, 0.5) is 17.8 Å². The number of primary amides is 1. The van der Waals surface area contributed by atoms with Crippen LogP contribution in [0.3, 0.4) is 0 Å². The van der Waals surface area contributed by atoms with Gasteiger partial charge in [-0.15, -0.1) is 0 Å². The highest BCUT2D eigenvalue weighted by atomic mass is 16.1. The largest absolute Gasteiger partial charge is 0.368 e. The number of hydrogen-bond donors (Lipinski definition) is 2. The van der Waals surface area contributed by atoms with Crippen molar-refractivity contribution in [3.63, 3.8) is 0 Å². The van der Waals surface area contributed by atoms with Gasteiger partial charge in [-0.05, 0) is 25.7 Å². The third-order valence-corrected chi connectivity index (χ3v) is 3.86. The number of amides is 1. The lowest BCUT2D eigenvalue weighted by Gasteiger charge is -2.23. The molecule has 0 saturated carbocycles. The summed E-state index contributed by atoms with van der Waals surface area (Å²) in [5.74, 6) is 0.900. The number of carbonyl (C=O) groups excluding carboxylic acids is 1. The molecule has 2 aliphatic heterocycles. The van der Waals surface area contributed by atoms with Crippen molar-refractivity contribution in [3.05, 3.63) is 0 Å². The van der Waals surface area contributed by atoms with Crippen LogP contribution in [0.1, 0.15) is 25.7 Å². The highest BCUT2D eigenvalue weighted by Gasteiger charge is 2.32. The maximum atomic E-state index is 11.5. The Morgan fingerprint density at radius 1 is 1.05 bits per heavy atom. The van der Waals surface area contributed by atoms with E-state index in [9.17, 15) is 4.79 Å². The minimum Gasteiger partial charge on any atom is -0.368 e. The summed E-state index contributed by atoms with van der Waals surface area (Å²) < 4.78 is 0. The van der Waals surface area contributed by atoms with E-state index < -0.39 is 0 Å². The fraction of sp³-hybridized carbons (Fsp3) is 0.667. The van der Waals surface area contributed by atoms with E-state index in [-0.39, 0.29) is 17.9 Å². The van der Waals surface area contributed by atoms with Gasteiger partial charge in [-0.3, -0.25) is 4.79 Å². The lowest BCUT2D eigenvalue weighted by Crippen LogP contribution is -2.41. The first kappa shape index (κ1) is 12.9. The monoisotopic (exact) mass is 277 g/mol. The Balaban J connectivity index is 1.90. The summed E-state index contributed by atoms with van der Waals surface area (Å²) in [6, 6.07) is -0.344. The standard InChI is InChI=1S/C12H19N7O/c13-9(20)8-4-3-7-19(8)12-16-10(14)15-11(17-12)18-5-1-2-6-18/h8H,1-7H2,(H2,13,20)(H2,14,15,16,17). The van der Waals surface area contributed by atoms with Gasteiger partial charge in [0, 0.05) is 19.6 Å². The average Bonchev–Trinajstić information content (AvgIpc) is 3.09. The zero-order valence-electron chi connectivity index (χ0n) is 11.3. The van der Waals surface area contributed by atoms with Crippen molar-refractivity contribution in [2.75, 3.05) is 35.2 Å². The van der Waals surface area contributed by atoms with Gasteiger partial charge >= 0.3 is 0 Å². The fourth-order valence-corrected chi connectivity index (χ4v) is 2.86. The van der Waals surface area contributed by atoms with Crippen LogP contribution in [0, 0.1) is 0 Å². The van der Waals surface area contributed by atoms with Gasteiger partial charge in [0.2, 0.25) is 23.8 Å². The minimum atomic E-state index is -0.344. The minimum absolute atomic E-state index is 0.187. The molecule has 108 valence electrons. The number of rotatable bonds is 3. The predicted octanol–water partition coefficient (Wildman–Crippen LogP) is -0.492. The summed E-state index contributed by atoms with van der Waals surface area (Å²) in [6.07, 6.45) is 3.90.